The second-order valence-corrected chi connectivity index (χ2v) is 3.92. The molecular formula is C14H15FN2O2. The van der Waals surface area contributed by atoms with Crippen LogP contribution in [-0.2, 0) is 13.2 Å². The van der Waals surface area contributed by atoms with Crippen molar-refractivity contribution in [1.82, 2.24) is 4.98 Å². The summed E-state index contributed by atoms with van der Waals surface area (Å²) < 4.78 is 23.9. The van der Waals surface area contributed by atoms with Gasteiger partial charge in [0.2, 0.25) is 5.88 Å². The van der Waals surface area contributed by atoms with Gasteiger partial charge in [-0.2, -0.15) is 0 Å². The van der Waals surface area contributed by atoms with Gasteiger partial charge >= 0.3 is 0 Å². The Morgan fingerprint density at radius 3 is 2.84 bits per heavy atom. The first-order chi connectivity index (χ1) is 9.24. The fraction of sp³-hybridized carbons (Fsp3) is 0.214. The van der Waals surface area contributed by atoms with E-state index in [2.05, 4.69) is 4.98 Å². The largest absolute Gasteiger partial charge is 0.488 e. The summed E-state index contributed by atoms with van der Waals surface area (Å²) in [6, 6.07) is 7.94. The Kier molecular flexibility index (Phi) is 4.30. The first-order valence-corrected chi connectivity index (χ1v) is 5.83. The van der Waals surface area contributed by atoms with Crippen LogP contribution in [0.1, 0.15) is 11.1 Å². The number of nitrogens with zero attached hydrogens (tertiary/aromatic N) is 1. The highest BCUT2D eigenvalue weighted by Gasteiger charge is 2.07. The van der Waals surface area contributed by atoms with Gasteiger partial charge in [-0.05, 0) is 30.3 Å². The molecule has 1 aromatic carbocycles. The zero-order chi connectivity index (χ0) is 13.7. The molecule has 0 bridgehead atoms. The monoisotopic (exact) mass is 262 g/mol. The number of benzene rings is 1. The molecule has 1 aromatic heterocycles. The van der Waals surface area contributed by atoms with E-state index >= 15 is 0 Å². The number of aromatic nitrogens is 1. The molecule has 0 radical (unpaired) electrons. The van der Waals surface area contributed by atoms with Crippen molar-refractivity contribution >= 4 is 0 Å². The van der Waals surface area contributed by atoms with Crippen molar-refractivity contribution in [3.05, 3.63) is 53.5 Å². The lowest BCUT2D eigenvalue weighted by Gasteiger charge is -2.12. The van der Waals surface area contributed by atoms with Crippen LogP contribution in [0.5, 0.6) is 11.6 Å². The smallest absolute Gasteiger partial charge is 0.219 e. The van der Waals surface area contributed by atoms with Crippen LogP contribution in [0.25, 0.3) is 0 Å². The SMILES string of the molecule is COc1ncccc1COc1ccc(F)cc1CN. The van der Waals surface area contributed by atoms with Crippen molar-refractivity contribution < 1.29 is 13.9 Å². The van der Waals surface area contributed by atoms with Gasteiger partial charge in [-0.15, -0.1) is 0 Å². The molecule has 0 amide bonds. The van der Waals surface area contributed by atoms with Gasteiger partial charge in [-0.25, -0.2) is 9.37 Å². The maximum Gasteiger partial charge on any atom is 0.219 e. The molecule has 0 saturated carbocycles. The predicted octanol–water partition coefficient (Wildman–Crippen LogP) is 2.27. The van der Waals surface area contributed by atoms with Gasteiger partial charge in [0.05, 0.1) is 12.7 Å². The second kappa shape index (κ2) is 6.15. The lowest BCUT2D eigenvalue weighted by molar-refractivity contribution is 0.290. The lowest BCUT2D eigenvalue weighted by atomic mass is 10.2. The van der Waals surface area contributed by atoms with Gasteiger partial charge in [-0.1, -0.05) is 0 Å². The Morgan fingerprint density at radius 1 is 1.26 bits per heavy atom. The minimum Gasteiger partial charge on any atom is -0.488 e. The summed E-state index contributed by atoms with van der Waals surface area (Å²) in [6.45, 7) is 0.507. The van der Waals surface area contributed by atoms with Crippen LogP contribution in [-0.4, -0.2) is 12.1 Å². The molecule has 19 heavy (non-hydrogen) atoms. The number of nitrogens with two attached hydrogens (primary N) is 1. The van der Waals surface area contributed by atoms with Gasteiger partial charge in [0, 0.05) is 18.3 Å². The zero-order valence-electron chi connectivity index (χ0n) is 10.6. The molecule has 0 aliphatic rings. The van der Waals surface area contributed by atoms with E-state index in [0.29, 0.717) is 17.2 Å². The van der Waals surface area contributed by atoms with E-state index < -0.39 is 0 Å². The normalized spacial score (nSPS) is 10.3. The molecule has 2 aromatic rings. The van der Waals surface area contributed by atoms with E-state index in [0.717, 1.165) is 5.56 Å². The Bertz CT molecular complexity index is 561. The summed E-state index contributed by atoms with van der Waals surface area (Å²) in [4.78, 5) is 4.08. The van der Waals surface area contributed by atoms with Crippen molar-refractivity contribution in [2.75, 3.05) is 7.11 Å². The van der Waals surface area contributed by atoms with Crippen LogP contribution in [0.3, 0.4) is 0 Å². The number of hydrogen-bond acceptors (Lipinski definition) is 4. The van der Waals surface area contributed by atoms with Crippen LogP contribution in [0.4, 0.5) is 4.39 Å². The van der Waals surface area contributed by atoms with E-state index in [1.54, 1.807) is 25.4 Å². The molecule has 4 nitrogen and oxygen atoms in total. The maximum atomic E-state index is 13.1. The molecule has 0 spiro atoms. The predicted molar refractivity (Wildman–Crippen MR) is 69.4 cm³/mol. The fourth-order valence-electron chi connectivity index (χ4n) is 1.72. The first-order valence-electron chi connectivity index (χ1n) is 5.83. The standard InChI is InChI=1S/C14H15FN2O2/c1-18-14-10(3-2-6-17-14)9-19-13-5-4-12(15)7-11(13)8-16/h2-7H,8-9,16H2,1H3. The average Bonchev–Trinajstić information content (AvgIpc) is 2.46. The summed E-state index contributed by atoms with van der Waals surface area (Å²) >= 11 is 0. The highest BCUT2D eigenvalue weighted by atomic mass is 19.1. The molecule has 0 aliphatic heterocycles. The third kappa shape index (κ3) is 3.20. The van der Waals surface area contributed by atoms with E-state index in [4.69, 9.17) is 15.2 Å². The molecule has 2 rings (SSSR count). The van der Waals surface area contributed by atoms with Gasteiger partial charge in [0.15, 0.2) is 0 Å². The van der Waals surface area contributed by atoms with Crippen molar-refractivity contribution in [2.24, 2.45) is 5.73 Å². The minimum atomic E-state index is -0.327. The van der Waals surface area contributed by atoms with Crippen molar-refractivity contribution in [3.63, 3.8) is 0 Å². The van der Waals surface area contributed by atoms with Crippen LogP contribution in [0.15, 0.2) is 36.5 Å². The molecule has 0 atom stereocenters. The molecule has 2 N–H and O–H groups in total. The van der Waals surface area contributed by atoms with Crippen LogP contribution >= 0.6 is 0 Å². The number of pyridine rings is 1. The third-order valence-electron chi connectivity index (χ3n) is 2.67. The summed E-state index contributed by atoms with van der Waals surface area (Å²) in [5.74, 6) is 0.750. The molecule has 0 unspecified atom stereocenters. The molecule has 0 saturated heterocycles. The van der Waals surface area contributed by atoms with Crippen LogP contribution < -0.4 is 15.2 Å². The highest BCUT2D eigenvalue weighted by Crippen LogP contribution is 2.22. The second-order valence-electron chi connectivity index (χ2n) is 3.92. The maximum absolute atomic E-state index is 13.1. The Labute approximate surface area is 111 Å². The highest BCUT2D eigenvalue weighted by molar-refractivity contribution is 5.34. The number of methoxy groups -OCH3 is 1. The van der Waals surface area contributed by atoms with Crippen molar-refractivity contribution in [2.45, 2.75) is 13.2 Å². The Balaban J connectivity index is 2.14. The summed E-state index contributed by atoms with van der Waals surface area (Å²) in [5.41, 5.74) is 7.01. The molecule has 0 aliphatic carbocycles. The zero-order valence-corrected chi connectivity index (χ0v) is 10.6. The van der Waals surface area contributed by atoms with Crippen molar-refractivity contribution in [3.8, 4) is 11.6 Å². The number of hydrogen-bond donors (Lipinski definition) is 1. The van der Waals surface area contributed by atoms with Gasteiger partial charge < -0.3 is 15.2 Å². The van der Waals surface area contributed by atoms with Gasteiger partial charge in [-0.3, -0.25) is 0 Å². The van der Waals surface area contributed by atoms with Crippen LogP contribution in [0, 0.1) is 5.82 Å². The summed E-state index contributed by atoms with van der Waals surface area (Å²) in [7, 11) is 1.55. The first kappa shape index (κ1) is 13.3. The number of rotatable bonds is 5. The topological polar surface area (TPSA) is 57.4 Å². The summed E-state index contributed by atoms with van der Waals surface area (Å²) in [6.07, 6.45) is 1.64. The van der Waals surface area contributed by atoms with Gasteiger partial charge in [0.25, 0.3) is 0 Å². The molecule has 5 heteroatoms. The number of halogens is 1. The summed E-state index contributed by atoms with van der Waals surface area (Å²) in [5, 5.41) is 0. The number of ether oxygens (including phenoxy) is 2. The third-order valence-corrected chi connectivity index (χ3v) is 2.67. The van der Waals surface area contributed by atoms with E-state index in [1.807, 2.05) is 6.07 Å². The molecular weight excluding hydrogens is 247 g/mol. The molecule has 1 heterocycles. The quantitative estimate of drug-likeness (QED) is 0.898. The molecule has 0 fully saturated rings. The van der Waals surface area contributed by atoms with E-state index in [-0.39, 0.29) is 19.0 Å². The minimum absolute atomic E-state index is 0.220. The fourth-order valence-corrected chi connectivity index (χ4v) is 1.72. The van der Waals surface area contributed by atoms with Crippen LogP contribution in [0.2, 0.25) is 0 Å². The Morgan fingerprint density at radius 2 is 2.11 bits per heavy atom. The average molecular weight is 262 g/mol. The Hall–Kier alpha value is -2.14. The lowest BCUT2D eigenvalue weighted by Crippen LogP contribution is -2.04. The van der Waals surface area contributed by atoms with E-state index in [9.17, 15) is 4.39 Å². The van der Waals surface area contributed by atoms with Crippen molar-refractivity contribution in [1.29, 1.82) is 0 Å². The van der Waals surface area contributed by atoms with E-state index in [1.165, 1.54) is 12.1 Å². The molecule has 100 valence electrons. The van der Waals surface area contributed by atoms with Gasteiger partial charge in [0.1, 0.15) is 18.2 Å².